The Kier molecular flexibility index (Phi) is 5.50. The van der Waals surface area contributed by atoms with Crippen LogP contribution in [-0.2, 0) is 9.53 Å². The molecule has 0 unspecified atom stereocenters. The number of halogens is 1. The number of Topliss-reactive ketones (excluding diaryl/α,β-unsaturated/α-hetero) is 1. The Morgan fingerprint density at radius 2 is 1.74 bits per heavy atom. The van der Waals surface area contributed by atoms with Crippen LogP contribution in [0.2, 0.25) is 0 Å². The molecule has 0 saturated heterocycles. The van der Waals surface area contributed by atoms with E-state index in [1.807, 2.05) is 36.4 Å². The second kappa shape index (κ2) is 7.99. The molecule has 1 atom stereocenters. The lowest BCUT2D eigenvalue weighted by atomic mass is 9.98. The van der Waals surface area contributed by atoms with Gasteiger partial charge in [-0.15, -0.1) is 0 Å². The number of ether oxygens (including phenoxy) is 2. The minimum atomic E-state index is -0.531. The second-order valence-corrected chi connectivity index (χ2v) is 6.24. The fourth-order valence-electron chi connectivity index (χ4n) is 2.78. The number of ketones is 1. The van der Waals surface area contributed by atoms with Gasteiger partial charge in [0.2, 0.25) is 0 Å². The van der Waals surface area contributed by atoms with E-state index in [9.17, 15) is 14.0 Å². The summed E-state index contributed by atoms with van der Waals surface area (Å²) in [6.07, 6.45) is 0. The molecule has 0 aromatic heterocycles. The highest BCUT2D eigenvalue weighted by atomic mass is 19.1. The van der Waals surface area contributed by atoms with Crippen molar-refractivity contribution in [1.29, 1.82) is 0 Å². The lowest BCUT2D eigenvalue weighted by Gasteiger charge is -2.13. The number of carbonyl (C=O) groups is 2. The van der Waals surface area contributed by atoms with Crippen LogP contribution < -0.4 is 4.74 Å². The SMILES string of the molecule is COc1ccc2cc([C@H](C)C(=O)OCC(=O)c3cccc(F)c3)ccc2c1. The minimum absolute atomic E-state index is 0.176. The summed E-state index contributed by atoms with van der Waals surface area (Å²) >= 11 is 0. The molecule has 0 spiro atoms. The molecule has 0 amide bonds. The minimum Gasteiger partial charge on any atom is -0.497 e. The quantitative estimate of drug-likeness (QED) is 0.476. The number of esters is 1. The van der Waals surface area contributed by atoms with Gasteiger partial charge in [-0.2, -0.15) is 0 Å². The third kappa shape index (κ3) is 4.31. The van der Waals surface area contributed by atoms with Crippen LogP contribution in [0.4, 0.5) is 4.39 Å². The van der Waals surface area contributed by atoms with Crippen LogP contribution in [0.15, 0.2) is 60.7 Å². The van der Waals surface area contributed by atoms with Gasteiger partial charge in [-0.1, -0.05) is 36.4 Å². The molecule has 27 heavy (non-hydrogen) atoms. The first-order valence-electron chi connectivity index (χ1n) is 8.51. The summed E-state index contributed by atoms with van der Waals surface area (Å²) in [5, 5.41) is 1.98. The predicted molar refractivity (Wildman–Crippen MR) is 101 cm³/mol. The van der Waals surface area contributed by atoms with Crippen LogP contribution in [-0.4, -0.2) is 25.5 Å². The average Bonchev–Trinajstić information content (AvgIpc) is 2.70. The largest absolute Gasteiger partial charge is 0.497 e. The lowest BCUT2D eigenvalue weighted by Crippen LogP contribution is -2.18. The number of carbonyl (C=O) groups excluding carboxylic acids is 2. The van der Waals surface area contributed by atoms with Gasteiger partial charge in [-0.3, -0.25) is 9.59 Å². The molecule has 5 heteroatoms. The van der Waals surface area contributed by atoms with Crippen molar-refractivity contribution in [2.24, 2.45) is 0 Å². The van der Waals surface area contributed by atoms with E-state index >= 15 is 0 Å². The Morgan fingerprint density at radius 1 is 1.00 bits per heavy atom. The highest BCUT2D eigenvalue weighted by molar-refractivity contribution is 5.98. The van der Waals surface area contributed by atoms with Crippen LogP contribution >= 0.6 is 0 Å². The van der Waals surface area contributed by atoms with Crippen molar-refractivity contribution in [2.45, 2.75) is 12.8 Å². The Bertz CT molecular complexity index is 997. The molecule has 3 rings (SSSR count). The molecule has 0 N–H and O–H groups in total. The highest BCUT2D eigenvalue weighted by Crippen LogP contribution is 2.25. The van der Waals surface area contributed by atoms with Crippen LogP contribution in [0.5, 0.6) is 5.75 Å². The summed E-state index contributed by atoms with van der Waals surface area (Å²) in [4.78, 5) is 24.4. The van der Waals surface area contributed by atoms with Crippen LogP contribution in [0.25, 0.3) is 10.8 Å². The van der Waals surface area contributed by atoms with E-state index in [0.29, 0.717) is 0 Å². The first kappa shape index (κ1) is 18.6. The van der Waals surface area contributed by atoms with E-state index in [1.165, 1.54) is 18.2 Å². The normalized spacial score (nSPS) is 11.8. The molecule has 0 saturated carbocycles. The first-order chi connectivity index (χ1) is 13.0. The van der Waals surface area contributed by atoms with Crippen LogP contribution in [0.3, 0.4) is 0 Å². The maximum absolute atomic E-state index is 13.2. The number of rotatable bonds is 6. The summed E-state index contributed by atoms with van der Waals surface area (Å²) in [6.45, 7) is 1.30. The molecular weight excluding hydrogens is 347 g/mol. The number of hydrogen-bond donors (Lipinski definition) is 0. The van der Waals surface area contributed by atoms with Crippen LogP contribution in [0, 0.1) is 5.82 Å². The maximum Gasteiger partial charge on any atom is 0.313 e. The van der Waals surface area contributed by atoms with E-state index in [2.05, 4.69) is 0 Å². The van der Waals surface area contributed by atoms with Gasteiger partial charge < -0.3 is 9.47 Å². The number of methoxy groups -OCH3 is 1. The lowest BCUT2D eigenvalue weighted by molar-refractivity contribution is -0.143. The van der Waals surface area contributed by atoms with Crippen molar-refractivity contribution in [3.63, 3.8) is 0 Å². The van der Waals surface area contributed by atoms with E-state index in [-0.39, 0.29) is 5.56 Å². The predicted octanol–water partition coefficient (Wildman–Crippen LogP) is 4.52. The molecule has 0 heterocycles. The van der Waals surface area contributed by atoms with Gasteiger partial charge in [0.1, 0.15) is 11.6 Å². The van der Waals surface area contributed by atoms with E-state index < -0.39 is 30.1 Å². The van der Waals surface area contributed by atoms with Crippen molar-refractivity contribution >= 4 is 22.5 Å². The molecule has 0 aliphatic carbocycles. The zero-order valence-corrected chi connectivity index (χ0v) is 15.1. The second-order valence-electron chi connectivity index (χ2n) is 6.24. The third-order valence-electron chi connectivity index (χ3n) is 4.42. The smallest absolute Gasteiger partial charge is 0.313 e. The molecule has 138 valence electrons. The summed E-state index contributed by atoms with van der Waals surface area (Å²) < 4.78 is 23.5. The van der Waals surface area contributed by atoms with E-state index in [4.69, 9.17) is 9.47 Å². The van der Waals surface area contributed by atoms with Crippen molar-refractivity contribution in [3.05, 3.63) is 77.6 Å². The molecule has 0 aliphatic rings. The zero-order chi connectivity index (χ0) is 19.4. The maximum atomic E-state index is 13.2. The van der Waals surface area contributed by atoms with E-state index in [0.717, 1.165) is 28.2 Å². The molecule has 0 aliphatic heterocycles. The Hall–Kier alpha value is -3.21. The van der Waals surface area contributed by atoms with E-state index in [1.54, 1.807) is 14.0 Å². The van der Waals surface area contributed by atoms with Crippen LogP contribution in [0.1, 0.15) is 28.8 Å². The Balaban J connectivity index is 1.68. The summed E-state index contributed by atoms with van der Waals surface area (Å²) in [6, 6.07) is 16.7. The average molecular weight is 366 g/mol. The fourth-order valence-corrected chi connectivity index (χ4v) is 2.78. The third-order valence-corrected chi connectivity index (χ3v) is 4.42. The Morgan fingerprint density at radius 3 is 2.48 bits per heavy atom. The molecular formula is C22H19FO4. The topological polar surface area (TPSA) is 52.6 Å². The zero-order valence-electron chi connectivity index (χ0n) is 15.1. The molecule has 0 radical (unpaired) electrons. The highest BCUT2D eigenvalue weighted by Gasteiger charge is 2.19. The summed E-state index contributed by atoms with van der Waals surface area (Å²) in [7, 11) is 1.61. The standard InChI is InChI=1S/C22H19FO4/c1-14(15-6-7-17-12-20(26-2)9-8-16(17)10-15)22(25)27-13-21(24)18-4-3-5-19(23)11-18/h3-12,14H,13H2,1-2H3/t14-/m0/s1. The fraction of sp³-hybridized carbons (Fsp3) is 0.182. The Labute approximate surface area is 156 Å². The van der Waals surface area contributed by atoms with Crippen molar-refractivity contribution in [1.82, 2.24) is 0 Å². The van der Waals surface area contributed by atoms with Crippen molar-refractivity contribution < 1.29 is 23.5 Å². The summed E-state index contributed by atoms with van der Waals surface area (Å²) in [5.74, 6) is -1.23. The molecule has 0 bridgehead atoms. The van der Waals surface area contributed by atoms with Gasteiger partial charge in [-0.25, -0.2) is 4.39 Å². The monoisotopic (exact) mass is 366 g/mol. The van der Waals surface area contributed by atoms with Crippen molar-refractivity contribution in [3.8, 4) is 5.75 Å². The van der Waals surface area contributed by atoms with Gasteiger partial charge in [-0.05, 0) is 47.5 Å². The molecule has 3 aromatic carbocycles. The molecule has 4 nitrogen and oxygen atoms in total. The van der Waals surface area contributed by atoms with Gasteiger partial charge in [0.15, 0.2) is 12.4 Å². The van der Waals surface area contributed by atoms with Gasteiger partial charge in [0, 0.05) is 5.56 Å². The first-order valence-corrected chi connectivity index (χ1v) is 8.51. The molecule has 0 fully saturated rings. The number of fused-ring (bicyclic) bond motifs is 1. The van der Waals surface area contributed by atoms with Crippen molar-refractivity contribution in [2.75, 3.05) is 13.7 Å². The van der Waals surface area contributed by atoms with Gasteiger partial charge in [0.05, 0.1) is 13.0 Å². The van der Waals surface area contributed by atoms with Gasteiger partial charge in [0.25, 0.3) is 0 Å². The summed E-state index contributed by atoms with van der Waals surface area (Å²) in [5.41, 5.74) is 0.964. The number of hydrogen-bond acceptors (Lipinski definition) is 4. The number of benzene rings is 3. The van der Waals surface area contributed by atoms with Gasteiger partial charge >= 0.3 is 5.97 Å². The molecule has 3 aromatic rings.